The van der Waals surface area contributed by atoms with E-state index in [2.05, 4.69) is 9.97 Å². The number of hydrogen-bond donors (Lipinski definition) is 2. The molecule has 0 amide bonds. The molecule has 7 heteroatoms. The number of quaternary nitrogens is 1. The highest BCUT2D eigenvalue weighted by Gasteiger charge is 2.31. The molecule has 24 heavy (non-hydrogen) atoms. The molecule has 2 aromatic rings. The topological polar surface area (TPSA) is 50.2 Å². The third-order valence-corrected chi connectivity index (χ3v) is 4.83. The predicted molar refractivity (Wildman–Crippen MR) is 84.8 cm³/mol. The molecule has 130 valence electrons. The number of rotatable bonds is 3. The molecule has 1 fully saturated rings. The van der Waals surface area contributed by atoms with Gasteiger partial charge in [-0.3, -0.25) is 4.79 Å². The van der Waals surface area contributed by atoms with Crippen molar-refractivity contribution in [2.45, 2.75) is 50.9 Å². The van der Waals surface area contributed by atoms with E-state index in [1.54, 1.807) is 0 Å². The van der Waals surface area contributed by atoms with Gasteiger partial charge in [0.25, 0.3) is 5.56 Å². The summed E-state index contributed by atoms with van der Waals surface area (Å²) in [6, 6.07) is 3.56. The minimum Gasteiger partial charge on any atom is -0.329 e. The summed E-state index contributed by atoms with van der Waals surface area (Å²) < 4.78 is 38.6. The fourth-order valence-electron chi connectivity index (χ4n) is 3.45. The summed E-state index contributed by atoms with van der Waals surface area (Å²) in [7, 11) is 2.05. The van der Waals surface area contributed by atoms with E-state index in [-0.39, 0.29) is 16.5 Å². The molecule has 1 heterocycles. The number of aromatic nitrogens is 2. The first-order valence-electron chi connectivity index (χ1n) is 8.27. The van der Waals surface area contributed by atoms with E-state index in [1.807, 2.05) is 7.05 Å². The first-order chi connectivity index (χ1) is 11.3. The van der Waals surface area contributed by atoms with E-state index in [0.717, 1.165) is 25.0 Å². The number of benzene rings is 1. The number of fused-ring (bicyclic) bond motifs is 1. The van der Waals surface area contributed by atoms with Gasteiger partial charge >= 0.3 is 6.18 Å². The largest absolute Gasteiger partial charge is 0.416 e. The Balaban J connectivity index is 1.89. The molecule has 0 radical (unpaired) electrons. The summed E-state index contributed by atoms with van der Waals surface area (Å²) in [5.74, 6) is 0.440. The van der Waals surface area contributed by atoms with Crippen molar-refractivity contribution >= 4 is 10.9 Å². The molecular weight excluding hydrogens is 319 g/mol. The summed E-state index contributed by atoms with van der Waals surface area (Å²) in [6.45, 7) is 0.506. The van der Waals surface area contributed by atoms with E-state index in [0.29, 0.717) is 18.4 Å². The Hall–Kier alpha value is -1.89. The SMILES string of the molecule is C[NH+](Cc1nc2cc(C(F)(F)F)ccc2c(=O)[nH]1)C1CCCCC1. The zero-order valence-corrected chi connectivity index (χ0v) is 13.5. The molecule has 1 saturated carbocycles. The van der Waals surface area contributed by atoms with Gasteiger partial charge in [0.05, 0.1) is 29.6 Å². The van der Waals surface area contributed by atoms with Gasteiger partial charge in [-0.05, 0) is 43.9 Å². The van der Waals surface area contributed by atoms with Crippen LogP contribution in [0.2, 0.25) is 0 Å². The molecule has 0 saturated heterocycles. The normalized spacial score (nSPS) is 18.0. The Bertz CT molecular complexity index is 779. The van der Waals surface area contributed by atoms with Gasteiger partial charge < -0.3 is 9.88 Å². The molecule has 3 rings (SSSR count). The monoisotopic (exact) mass is 340 g/mol. The number of hydrogen-bond acceptors (Lipinski definition) is 2. The average molecular weight is 340 g/mol. The molecule has 1 unspecified atom stereocenters. The second-order valence-corrected chi connectivity index (χ2v) is 6.60. The molecular formula is C17H21F3N3O+. The molecule has 4 nitrogen and oxygen atoms in total. The van der Waals surface area contributed by atoms with Crippen LogP contribution in [0.1, 0.15) is 43.5 Å². The van der Waals surface area contributed by atoms with E-state index in [1.165, 1.54) is 30.2 Å². The van der Waals surface area contributed by atoms with Gasteiger partial charge in [-0.25, -0.2) is 4.98 Å². The van der Waals surface area contributed by atoms with Crippen molar-refractivity contribution in [3.05, 3.63) is 39.9 Å². The van der Waals surface area contributed by atoms with Crippen molar-refractivity contribution in [2.75, 3.05) is 7.05 Å². The summed E-state index contributed by atoms with van der Waals surface area (Å²) in [6.07, 6.45) is 1.51. The van der Waals surface area contributed by atoms with Crippen LogP contribution >= 0.6 is 0 Å². The standard InChI is InChI=1S/C17H20F3N3O/c1-23(12-5-3-2-4-6-12)10-15-21-14-9-11(17(18,19)20)7-8-13(14)16(24)22-15/h7-9,12H,2-6,10H2,1H3,(H,21,22,24)/p+1. The van der Waals surface area contributed by atoms with Crippen LogP contribution in [-0.2, 0) is 12.7 Å². The first kappa shape index (κ1) is 17.0. The second-order valence-electron chi connectivity index (χ2n) is 6.60. The summed E-state index contributed by atoms with van der Waals surface area (Å²) in [5, 5.41) is 0.182. The van der Waals surface area contributed by atoms with Gasteiger partial charge in [-0.1, -0.05) is 6.42 Å². The molecule has 1 aliphatic carbocycles. The van der Waals surface area contributed by atoms with Gasteiger partial charge in [0.1, 0.15) is 6.54 Å². The van der Waals surface area contributed by atoms with Crippen molar-refractivity contribution < 1.29 is 18.1 Å². The summed E-state index contributed by atoms with van der Waals surface area (Å²) in [5.41, 5.74) is -1.08. The van der Waals surface area contributed by atoms with E-state index in [9.17, 15) is 18.0 Å². The van der Waals surface area contributed by atoms with Crippen LogP contribution < -0.4 is 10.5 Å². The Morgan fingerprint density at radius 1 is 1.25 bits per heavy atom. The predicted octanol–water partition coefficient (Wildman–Crippen LogP) is 2.29. The van der Waals surface area contributed by atoms with Gasteiger partial charge in [-0.15, -0.1) is 0 Å². The third kappa shape index (κ3) is 3.61. The van der Waals surface area contributed by atoms with Crippen LogP contribution in [0.25, 0.3) is 10.9 Å². The highest BCUT2D eigenvalue weighted by atomic mass is 19.4. The van der Waals surface area contributed by atoms with Gasteiger partial charge in [-0.2, -0.15) is 13.2 Å². The minimum absolute atomic E-state index is 0.0972. The number of nitrogens with zero attached hydrogens (tertiary/aromatic N) is 1. The number of aromatic amines is 1. The lowest BCUT2D eigenvalue weighted by molar-refractivity contribution is -0.921. The number of H-pyrrole nitrogens is 1. The molecule has 1 aliphatic rings. The smallest absolute Gasteiger partial charge is 0.329 e. The Kier molecular flexibility index (Phi) is 4.62. The highest BCUT2D eigenvalue weighted by molar-refractivity contribution is 5.78. The van der Waals surface area contributed by atoms with Gasteiger partial charge in [0.2, 0.25) is 0 Å². The van der Waals surface area contributed by atoms with Crippen molar-refractivity contribution in [1.29, 1.82) is 0 Å². The van der Waals surface area contributed by atoms with Crippen molar-refractivity contribution in [1.82, 2.24) is 9.97 Å². The maximum atomic E-state index is 12.9. The van der Waals surface area contributed by atoms with Crippen molar-refractivity contribution in [2.24, 2.45) is 0 Å². The van der Waals surface area contributed by atoms with Crippen molar-refractivity contribution in [3.63, 3.8) is 0 Å². The molecule has 0 spiro atoms. The molecule has 0 aliphatic heterocycles. The second kappa shape index (κ2) is 6.55. The van der Waals surface area contributed by atoms with Crippen LogP contribution in [0, 0.1) is 0 Å². The minimum atomic E-state index is -4.44. The Morgan fingerprint density at radius 2 is 1.96 bits per heavy atom. The maximum absolute atomic E-state index is 12.9. The fourth-order valence-corrected chi connectivity index (χ4v) is 3.45. The van der Waals surface area contributed by atoms with Crippen LogP contribution in [0.15, 0.2) is 23.0 Å². The lowest BCUT2D eigenvalue weighted by Crippen LogP contribution is -3.11. The van der Waals surface area contributed by atoms with Crippen LogP contribution in [0.4, 0.5) is 13.2 Å². The van der Waals surface area contributed by atoms with Crippen LogP contribution in [0.3, 0.4) is 0 Å². The van der Waals surface area contributed by atoms with Gasteiger partial charge in [0, 0.05) is 0 Å². The Labute approximate surface area is 137 Å². The summed E-state index contributed by atoms with van der Waals surface area (Å²) >= 11 is 0. The zero-order valence-electron chi connectivity index (χ0n) is 13.5. The number of alkyl halides is 3. The Morgan fingerprint density at radius 3 is 2.62 bits per heavy atom. The molecule has 2 N–H and O–H groups in total. The number of nitrogens with one attached hydrogen (secondary N) is 2. The van der Waals surface area contributed by atoms with E-state index in [4.69, 9.17) is 0 Å². The average Bonchev–Trinajstić information content (AvgIpc) is 2.54. The maximum Gasteiger partial charge on any atom is 0.416 e. The van der Waals surface area contributed by atoms with E-state index < -0.39 is 11.7 Å². The highest BCUT2D eigenvalue weighted by Crippen LogP contribution is 2.30. The third-order valence-electron chi connectivity index (χ3n) is 4.83. The summed E-state index contributed by atoms with van der Waals surface area (Å²) in [4.78, 5) is 20.4. The molecule has 1 aromatic heterocycles. The molecule has 1 atom stereocenters. The quantitative estimate of drug-likeness (QED) is 0.901. The lowest BCUT2D eigenvalue weighted by atomic mass is 9.94. The van der Waals surface area contributed by atoms with Crippen LogP contribution in [0.5, 0.6) is 0 Å². The first-order valence-corrected chi connectivity index (χ1v) is 8.27. The zero-order chi connectivity index (χ0) is 17.3. The lowest BCUT2D eigenvalue weighted by Gasteiger charge is -2.27. The van der Waals surface area contributed by atoms with Gasteiger partial charge in [0.15, 0.2) is 5.82 Å². The van der Waals surface area contributed by atoms with E-state index >= 15 is 0 Å². The fraction of sp³-hybridized carbons (Fsp3) is 0.529. The van der Waals surface area contributed by atoms with Crippen molar-refractivity contribution in [3.8, 4) is 0 Å². The molecule has 1 aromatic carbocycles. The molecule has 0 bridgehead atoms. The van der Waals surface area contributed by atoms with Crippen LogP contribution in [-0.4, -0.2) is 23.1 Å². The number of halogens is 3.